The quantitative estimate of drug-likeness (QED) is 0.886. The van der Waals surface area contributed by atoms with Crippen LogP contribution in [0, 0.1) is 6.92 Å². The van der Waals surface area contributed by atoms with Gasteiger partial charge in [-0.1, -0.05) is 12.1 Å². The molecule has 1 aromatic carbocycles. The fourth-order valence-corrected chi connectivity index (χ4v) is 3.18. The van der Waals surface area contributed by atoms with Crippen LogP contribution in [0.4, 0.5) is 0 Å². The molecule has 2 N–H and O–H groups in total. The van der Waals surface area contributed by atoms with Crippen LogP contribution < -0.4 is 4.72 Å². The van der Waals surface area contributed by atoms with Crippen molar-refractivity contribution in [2.24, 2.45) is 0 Å². The van der Waals surface area contributed by atoms with Gasteiger partial charge in [0.05, 0.1) is 5.52 Å². The Labute approximate surface area is 116 Å². The van der Waals surface area contributed by atoms with Gasteiger partial charge in [-0.15, -0.1) is 0 Å². The third kappa shape index (κ3) is 2.78. The molecular weight excluding hydrogens is 280 g/mol. The number of sulfonamides is 1. The van der Waals surface area contributed by atoms with Crippen molar-refractivity contribution >= 4 is 26.9 Å². The Morgan fingerprint density at radius 1 is 1.40 bits per heavy atom. The number of hydrogen-bond donors (Lipinski definition) is 2. The lowest BCUT2D eigenvalue weighted by molar-refractivity contribution is -0.138. The minimum absolute atomic E-state index is 0.0249. The zero-order chi connectivity index (χ0) is 14.9. The van der Waals surface area contributed by atoms with Crippen LogP contribution in [0.3, 0.4) is 0 Å². The highest BCUT2D eigenvalue weighted by atomic mass is 32.2. The number of rotatable bonds is 4. The number of carboxylic acids is 1. The lowest BCUT2D eigenvalue weighted by Crippen LogP contribution is -2.38. The number of aromatic nitrogens is 1. The number of benzene rings is 1. The van der Waals surface area contributed by atoms with Crippen LogP contribution in [0.1, 0.15) is 12.5 Å². The van der Waals surface area contributed by atoms with E-state index >= 15 is 0 Å². The molecule has 0 aliphatic heterocycles. The van der Waals surface area contributed by atoms with Crippen LogP contribution in [-0.2, 0) is 14.8 Å². The molecule has 106 valence electrons. The van der Waals surface area contributed by atoms with Gasteiger partial charge in [0.2, 0.25) is 10.0 Å². The molecule has 20 heavy (non-hydrogen) atoms. The van der Waals surface area contributed by atoms with Crippen LogP contribution in [0.2, 0.25) is 0 Å². The van der Waals surface area contributed by atoms with E-state index in [-0.39, 0.29) is 4.90 Å². The molecule has 1 aromatic heterocycles. The maximum Gasteiger partial charge on any atom is 0.321 e. The van der Waals surface area contributed by atoms with Gasteiger partial charge in [-0.05, 0) is 31.5 Å². The third-order valence-corrected chi connectivity index (χ3v) is 4.37. The molecule has 2 aromatic rings. The largest absolute Gasteiger partial charge is 0.480 e. The Hall–Kier alpha value is -1.99. The molecule has 2 rings (SSSR count). The molecule has 0 radical (unpaired) electrons. The van der Waals surface area contributed by atoms with Crippen molar-refractivity contribution in [3.8, 4) is 0 Å². The monoisotopic (exact) mass is 294 g/mol. The third-order valence-electron chi connectivity index (χ3n) is 2.80. The molecule has 1 heterocycles. The van der Waals surface area contributed by atoms with E-state index in [0.29, 0.717) is 10.9 Å². The molecule has 0 saturated heterocycles. The lowest BCUT2D eigenvalue weighted by Gasteiger charge is -2.11. The van der Waals surface area contributed by atoms with E-state index in [1.165, 1.54) is 13.0 Å². The summed E-state index contributed by atoms with van der Waals surface area (Å²) in [4.78, 5) is 14.9. The zero-order valence-corrected chi connectivity index (χ0v) is 11.8. The molecule has 0 bridgehead atoms. The first kappa shape index (κ1) is 14.4. The molecule has 0 aliphatic carbocycles. The maximum absolute atomic E-state index is 12.2. The number of carboxylic acid groups (broad SMARTS) is 1. The van der Waals surface area contributed by atoms with Crippen molar-refractivity contribution < 1.29 is 18.3 Å². The lowest BCUT2D eigenvalue weighted by atomic mass is 10.2. The number of para-hydroxylation sites is 1. The normalized spacial score (nSPS) is 13.3. The van der Waals surface area contributed by atoms with Gasteiger partial charge in [0.1, 0.15) is 10.9 Å². The average Bonchev–Trinajstić information content (AvgIpc) is 2.36. The standard InChI is InChI=1S/C13H14N2O4S/c1-8-6-10-4-3-5-11(12(10)14-7-8)20(18,19)15-9(2)13(16)17/h3-7,9,15H,1-2H3,(H,16,17). The van der Waals surface area contributed by atoms with Crippen LogP contribution in [0.25, 0.3) is 10.9 Å². The fourth-order valence-electron chi connectivity index (χ4n) is 1.81. The number of fused-ring (bicyclic) bond motifs is 1. The number of hydrogen-bond acceptors (Lipinski definition) is 4. The zero-order valence-electron chi connectivity index (χ0n) is 11.0. The number of carbonyl (C=O) groups is 1. The van der Waals surface area contributed by atoms with Crippen LogP contribution >= 0.6 is 0 Å². The second-order valence-corrected chi connectivity index (χ2v) is 6.20. The van der Waals surface area contributed by atoms with E-state index in [1.54, 1.807) is 18.3 Å². The van der Waals surface area contributed by atoms with Crippen molar-refractivity contribution in [1.82, 2.24) is 9.71 Å². The Morgan fingerprint density at radius 3 is 2.75 bits per heavy atom. The summed E-state index contributed by atoms with van der Waals surface area (Å²) in [6.45, 7) is 3.13. The summed E-state index contributed by atoms with van der Waals surface area (Å²) in [5, 5.41) is 9.49. The van der Waals surface area contributed by atoms with Gasteiger partial charge in [-0.2, -0.15) is 4.72 Å². The van der Waals surface area contributed by atoms with Crippen molar-refractivity contribution in [2.45, 2.75) is 24.8 Å². The molecule has 6 nitrogen and oxygen atoms in total. The summed E-state index contributed by atoms with van der Waals surface area (Å²) in [5.74, 6) is -1.24. The van der Waals surface area contributed by atoms with E-state index < -0.39 is 22.0 Å². The van der Waals surface area contributed by atoms with Crippen LogP contribution in [0.5, 0.6) is 0 Å². The molecule has 0 amide bonds. The minimum atomic E-state index is -3.94. The van der Waals surface area contributed by atoms with Crippen molar-refractivity contribution in [3.05, 3.63) is 36.0 Å². The van der Waals surface area contributed by atoms with Crippen molar-refractivity contribution in [2.75, 3.05) is 0 Å². The van der Waals surface area contributed by atoms with Crippen LogP contribution in [0.15, 0.2) is 35.4 Å². The van der Waals surface area contributed by atoms with Crippen molar-refractivity contribution in [1.29, 1.82) is 0 Å². The highest BCUT2D eigenvalue weighted by molar-refractivity contribution is 7.89. The Morgan fingerprint density at radius 2 is 2.10 bits per heavy atom. The van der Waals surface area contributed by atoms with Gasteiger partial charge in [0, 0.05) is 11.6 Å². The second kappa shape index (κ2) is 5.18. The molecule has 0 fully saturated rings. The number of aliphatic carboxylic acids is 1. The van der Waals surface area contributed by atoms with E-state index in [0.717, 1.165) is 5.56 Å². The van der Waals surface area contributed by atoms with Gasteiger partial charge in [-0.25, -0.2) is 8.42 Å². The maximum atomic E-state index is 12.2. The molecule has 0 saturated carbocycles. The van der Waals surface area contributed by atoms with E-state index in [4.69, 9.17) is 5.11 Å². The predicted octanol–water partition coefficient (Wildman–Crippen LogP) is 1.29. The van der Waals surface area contributed by atoms with E-state index in [1.807, 2.05) is 13.0 Å². The molecular formula is C13H14N2O4S. The second-order valence-electron chi connectivity index (χ2n) is 4.52. The van der Waals surface area contributed by atoms with Gasteiger partial charge < -0.3 is 5.11 Å². The Bertz CT molecular complexity index is 771. The fraction of sp³-hybridized carbons (Fsp3) is 0.231. The Kier molecular flexibility index (Phi) is 3.74. The summed E-state index contributed by atoms with van der Waals surface area (Å²) in [7, 11) is -3.94. The number of aryl methyl sites for hydroxylation is 1. The molecule has 1 atom stereocenters. The van der Waals surface area contributed by atoms with Gasteiger partial charge in [0.25, 0.3) is 0 Å². The SMILES string of the molecule is Cc1cnc2c(S(=O)(=O)NC(C)C(=O)O)cccc2c1. The topological polar surface area (TPSA) is 96.4 Å². The van der Waals surface area contributed by atoms with E-state index in [2.05, 4.69) is 9.71 Å². The summed E-state index contributed by atoms with van der Waals surface area (Å²) < 4.78 is 26.6. The summed E-state index contributed by atoms with van der Waals surface area (Å²) >= 11 is 0. The molecule has 7 heteroatoms. The highest BCUT2D eigenvalue weighted by Crippen LogP contribution is 2.21. The number of nitrogens with zero attached hydrogens (tertiary/aromatic N) is 1. The summed E-state index contributed by atoms with van der Waals surface area (Å²) in [5.41, 5.74) is 1.24. The molecule has 0 spiro atoms. The number of nitrogens with one attached hydrogen (secondary N) is 1. The first-order valence-electron chi connectivity index (χ1n) is 5.92. The molecule has 1 unspecified atom stereocenters. The van der Waals surface area contributed by atoms with Gasteiger partial charge in [-0.3, -0.25) is 9.78 Å². The molecule has 0 aliphatic rings. The minimum Gasteiger partial charge on any atom is -0.480 e. The first-order valence-corrected chi connectivity index (χ1v) is 7.40. The predicted molar refractivity (Wildman–Crippen MR) is 73.9 cm³/mol. The summed E-state index contributed by atoms with van der Waals surface area (Å²) in [6.07, 6.45) is 1.57. The highest BCUT2D eigenvalue weighted by Gasteiger charge is 2.23. The van der Waals surface area contributed by atoms with Gasteiger partial charge in [0.15, 0.2) is 0 Å². The van der Waals surface area contributed by atoms with Crippen molar-refractivity contribution in [3.63, 3.8) is 0 Å². The van der Waals surface area contributed by atoms with Crippen LogP contribution in [-0.4, -0.2) is 30.5 Å². The first-order chi connectivity index (χ1) is 9.31. The average molecular weight is 294 g/mol. The summed E-state index contributed by atoms with van der Waals surface area (Å²) in [6, 6.07) is 5.38. The van der Waals surface area contributed by atoms with Gasteiger partial charge >= 0.3 is 5.97 Å². The smallest absolute Gasteiger partial charge is 0.321 e. The number of pyridine rings is 1. The Balaban J connectivity index is 2.55. The van der Waals surface area contributed by atoms with E-state index in [9.17, 15) is 13.2 Å².